The Bertz CT molecular complexity index is 212. The highest BCUT2D eigenvalue weighted by Crippen LogP contribution is 2.27. The van der Waals surface area contributed by atoms with Crippen LogP contribution in [-0.4, -0.2) is 23.7 Å². The van der Waals surface area contributed by atoms with Gasteiger partial charge in [0.2, 0.25) is 0 Å². The van der Waals surface area contributed by atoms with Gasteiger partial charge in [-0.05, 0) is 18.9 Å². The van der Waals surface area contributed by atoms with E-state index in [4.69, 9.17) is 5.11 Å². The van der Waals surface area contributed by atoms with E-state index in [1.807, 2.05) is 6.92 Å². The lowest BCUT2D eigenvalue weighted by molar-refractivity contribution is -0.139. The summed E-state index contributed by atoms with van der Waals surface area (Å²) < 4.78 is 0. The van der Waals surface area contributed by atoms with Crippen molar-refractivity contribution in [1.29, 1.82) is 0 Å². The molecule has 1 aliphatic rings. The minimum Gasteiger partial charge on any atom is -0.480 e. The Balaban J connectivity index is 2.06. The molecule has 0 aromatic rings. The van der Waals surface area contributed by atoms with E-state index in [0.29, 0.717) is 0 Å². The molecule has 0 unspecified atom stereocenters. The quantitative estimate of drug-likeness (QED) is 0.642. The molecule has 2 N–H and O–H groups in total. The second kappa shape index (κ2) is 8.51. The minimum absolute atomic E-state index is 0.341. The Morgan fingerprint density at radius 2 is 2.00 bits per heavy atom. The number of rotatable bonds is 8. The van der Waals surface area contributed by atoms with Gasteiger partial charge in [-0.2, -0.15) is 0 Å². The average Bonchev–Trinajstić information content (AvgIpc) is 2.34. The number of carboxylic acid groups (broad SMARTS) is 1. The van der Waals surface area contributed by atoms with Crippen LogP contribution in [-0.2, 0) is 4.79 Å². The van der Waals surface area contributed by atoms with Crippen molar-refractivity contribution in [3.8, 4) is 0 Å². The van der Waals surface area contributed by atoms with Crippen LogP contribution in [0.25, 0.3) is 0 Å². The molecule has 0 aromatic heterocycles. The maximum atomic E-state index is 10.9. The van der Waals surface area contributed by atoms with E-state index in [-0.39, 0.29) is 6.04 Å². The van der Waals surface area contributed by atoms with E-state index in [1.54, 1.807) is 0 Å². The van der Waals surface area contributed by atoms with Gasteiger partial charge in [-0.25, -0.2) is 0 Å². The maximum absolute atomic E-state index is 10.9. The predicted molar refractivity (Wildman–Crippen MR) is 70.1 cm³/mol. The highest BCUT2D eigenvalue weighted by molar-refractivity contribution is 5.73. The zero-order valence-electron chi connectivity index (χ0n) is 11.1. The minimum atomic E-state index is -0.704. The van der Waals surface area contributed by atoms with Gasteiger partial charge in [0.25, 0.3) is 0 Å². The Labute approximate surface area is 105 Å². The SMILES string of the molecule is CCN[C@H](CCCCC1CCCCC1)C(=O)O. The van der Waals surface area contributed by atoms with E-state index in [0.717, 1.165) is 25.3 Å². The normalized spacial score (nSPS) is 19.1. The summed E-state index contributed by atoms with van der Waals surface area (Å²) in [7, 11) is 0. The number of carbonyl (C=O) groups is 1. The molecular formula is C14H27NO2. The molecule has 0 radical (unpaired) electrons. The summed E-state index contributed by atoms with van der Waals surface area (Å²) in [6.45, 7) is 2.69. The monoisotopic (exact) mass is 241 g/mol. The number of nitrogens with one attached hydrogen (secondary N) is 1. The molecule has 100 valence electrons. The molecule has 1 fully saturated rings. The standard InChI is InChI=1S/C14H27NO2/c1-2-15-13(14(16)17)11-7-6-10-12-8-4-3-5-9-12/h12-13,15H,2-11H2,1H3,(H,16,17)/t13-/m1/s1. The molecule has 1 saturated carbocycles. The lowest BCUT2D eigenvalue weighted by Crippen LogP contribution is -2.36. The first-order valence-corrected chi connectivity index (χ1v) is 7.20. The summed E-state index contributed by atoms with van der Waals surface area (Å²) in [5.41, 5.74) is 0. The molecule has 0 saturated heterocycles. The molecule has 3 nitrogen and oxygen atoms in total. The Kier molecular flexibility index (Phi) is 7.25. The van der Waals surface area contributed by atoms with Crippen LogP contribution in [0.2, 0.25) is 0 Å². The number of carboxylic acids is 1. The fourth-order valence-corrected chi connectivity index (χ4v) is 2.82. The second-order valence-corrected chi connectivity index (χ2v) is 5.24. The molecule has 17 heavy (non-hydrogen) atoms. The summed E-state index contributed by atoms with van der Waals surface area (Å²) in [6, 6.07) is -0.341. The number of hydrogen-bond donors (Lipinski definition) is 2. The first kappa shape index (κ1) is 14.5. The van der Waals surface area contributed by atoms with Crippen molar-refractivity contribution in [2.24, 2.45) is 5.92 Å². The van der Waals surface area contributed by atoms with Crippen LogP contribution in [0.3, 0.4) is 0 Å². The summed E-state index contributed by atoms with van der Waals surface area (Å²) in [5, 5.41) is 12.0. The van der Waals surface area contributed by atoms with Gasteiger partial charge in [-0.15, -0.1) is 0 Å². The predicted octanol–water partition coefficient (Wildman–Crippen LogP) is 3.19. The molecular weight excluding hydrogens is 214 g/mol. The highest BCUT2D eigenvalue weighted by Gasteiger charge is 2.16. The van der Waals surface area contributed by atoms with Gasteiger partial charge >= 0.3 is 5.97 Å². The van der Waals surface area contributed by atoms with Crippen LogP contribution >= 0.6 is 0 Å². The third-order valence-electron chi connectivity index (χ3n) is 3.83. The van der Waals surface area contributed by atoms with Crippen LogP contribution in [0.1, 0.15) is 64.7 Å². The third kappa shape index (κ3) is 6.06. The summed E-state index contributed by atoms with van der Waals surface area (Å²) in [4.78, 5) is 10.9. The first-order valence-electron chi connectivity index (χ1n) is 7.20. The smallest absolute Gasteiger partial charge is 0.320 e. The largest absolute Gasteiger partial charge is 0.480 e. The molecule has 3 heteroatoms. The average molecular weight is 241 g/mol. The van der Waals surface area contributed by atoms with Gasteiger partial charge in [0.15, 0.2) is 0 Å². The van der Waals surface area contributed by atoms with Crippen molar-refractivity contribution in [3.63, 3.8) is 0 Å². The van der Waals surface area contributed by atoms with Crippen LogP contribution in [0.15, 0.2) is 0 Å². The first-order chi connectivity index (χ1) is 8.24. The third-order valence-corrected chi connectivity index (χ3v) is 3.83. The zero-order valence-corrected chi connectivity index (χ0v) is 11.1. The second-order valence-electron chi connectivity index (χ2n) is 5.24. The number of likely N-dealkylation sites (N-methyl/N-ethyl adjacent to an activating group) is 1. The molecule has 0 aliphatic heterocycles. The van der Waals surface area contributed by atoms with Crippen LogP contribution in [0.5, 0.6) is 0 Å². The van der Waals surface area contributed by atoms with Crippen LogP contribution < -0.4 is 5.32 Å². The van der Waals surface area contributed by atoms with E-state index in [2.05, 4.69) is 5.32 Å². The van der Waals surface area contributed by atoms with Crippen molar-refractivity contribution in [2.45, 2.75) is 70.8 Å². The van der Waals surface area contributed by atoms with Gasteiger partial charge in [0.05, 0.1) is 0 Å². The lowest BCUT2D eigenvalue weighted by Gasteiger charge is -2.21. The van der Waals surface area contributed by atoms with Crippen molar-refractivity contribution in [1.82, 2.24) is 5.32 Å². The molecule has 0 bridgehead atoms. The summed E-state index contributed by atoms with van der Waals surface area (Å²) >= 11 is 0. The molecule has 1 rings (SSSR count). The van der Waals surface area contributed by atoms with E-state index >= 15 is 0 Å². The molecule has 1 aliphatic carbocycles. The van der Waals surface area contributed by atoms with E-state index in [1.165, 1.54) is 44.9 Å². The Hall–Kier alpha value is -0.570. The molecule has 0 aromatic carbocycles. The van der Waals surface area contributed by atoms with Crippen molar-refractivity contribution < 1.29 is 9.90 Å². The number of hydrogen-bond acceptors (Lipinski definition) is 2. The van der Waals surface area contributed by atoms with Crippen molar-refractivity contribution >= 4 is 5.97 Å². The molecule has 0 heterocycles. The topological polar surface area (TPSA) is 49.3 Å². The van der Waals surface area contributed by atoms with Gasteiger partial charge in [0.1, 0.15) is 6.04 Å². The fraction of sp³-hybridized carbons (Fsp3) is 0.929. The summed E-state index contributed by atoms with van der Waals surface area (Å²) in [5.74, 6) is 0.218. The fourth-order valence-electron chi connectivity index (χ4n) is 2.82. The highest BCUT2D eigenvalue weighted by atomic mass is 16.4. The van der Waals surface area contributed by atoms with Crippen LogP contribution in [0, 0.1) is 5.92 Å². The molecule has 1 atom stereocenters. The van der Waals surface area contributed by atoms with Gasteiger partial charge in [-0.1, -0.05) is 58.3 Å². The Morgan fingerprint density at radius 3 is 2.59 bits per heavy atom. The van der Waals surface area contributed by atoms with Crippen LogP contribution in [0.4, 0.5) is 0 Å². The van der Waals surface area contributed by atoms with Gasteiger partial charge < -0.3 is 10.4 Å². The lowest BCUT2D eigenvalue weighted by atomic mass is 9.85. The zero-order chi connectivity index (χ0) is 12.5. The van der Waals surface area contributed by atoms with Crippen molar-refractivity contribution in [3.05, 3.63) is 0 Å². The Morgan fingerprint density at radius 1 is 1.29 bits per heavy atom. The summed E-state index contributed by atoms with van der Waals surface area (Å²) in [6.07, 6.45) is 11.3. The number of unbranched alkanes of at least 4 members (excludes halogenated alkanes) is 1. The maximum Gasteiger partial charge on any atom is 0.320 e. The number of aliphatic carboxylic acids is 1. The van der Waals surface area contributed by atoms with E-state index in [9.17, 15) is 4.79 Å². The van der Waals surface area contributed by atoms with Gasteiger partial charge in [0, 0.05) is 0 Å². The van der Waals surface area contributed by atoms with Crippen molar-refractivity contribution in [2.75, 3.05) is 6.54 Å². The van der Waals surface area contributed by atoms with Gasteiger partial charge in [-0.3, -0.25) is 4.79 Å². The molecule has 0 amide bonds. The molecule has 0 spiro atoms. The van der Waals surface area contributed by atoms with E-state index < -0.39 is 5.97 Å².